The quantitative estimate of drug-likeness (QED) is 0.610. The summed E-state index contributed by atoms with van der Waals surface area (Å²) < 4.78 is 23.2. The Balaban J connectivity index is 2.39. The van der Waals surface area contributed by atoms with Crippen molar-refractivity contribution in [3.05, 3.63) is 0 Å². The van der Waals surface area contributed by atoms with E-state index in [4.69, 9.17) is 0 Å². The molecule has 0 spiro atoms. The van der Waals surface area contributed by atoms with Gasteiger partial charge in [-0.15, -0.1) is 0 Å². The van der Waals surface area contributed by atoms with E-state index in [0.717, 1.165) is 0 Å². The Morgan fingerprint density at radius 1 is 1.69 bits per heavy atom. The fourth-order valence-corrected chi connectivity index (χ4v) is 0.959. The molecule has 0 atom stereocenters. The van der Waals surface area contributed by atoms with Crippen LogP contribution in [-0.2, 0) is 9.63 Å². The van der Waals surface area contributed by atoms with Crippen LogP contribution in [0.4, 0.5) is 8.78 Å². The van der Waals surface area contributed by atoms with E-state index < -0.39 is 13.0 Å². The van der Waals surface area contributed by atoms with Gasteiger partial charge in [0.05, 0.1) is 0 Å². The normalized spacial score (nSPS) is 20.5. The van der Waals surface area contributed by atoms with Gasteiger partial charge < -0.3 is 9.74 Å². The van der Waals surface area contributed by atoms with E-state index in [2.05, 4.69) is 9.99 Å². The van der Waals surface area contributed by atoms with Crippen molar-refractivity contribution >= 4 is 11.6 Å². The highest BCUT2D eigenvalue weighted by Gasteiger charge is 2.24. The minimum atomic E-state index is -2.56. The first kappa shape index (κ1) is 9.88. The van der Waals surface area contributed by atoms with Gasteiger partial charge in [0.2, 0.25) is 0 Å². The van der Waals surface area contributed by atoms with Gasteiger partial charge in [-0.3, -0.25) is 4.79 Å². The molecule has 4 nitrogen and oxygen atoms in total. The molecule has 1 fully saturated rings. The lowest BCUT2D eigenvalue weighted by atomic mass is 10.3. The monoisotopic (exact) mass is 192 g/mol. The number of alkyl halides is 2. The Labute approximate surface area is 74.1 Å². The SMILES string of the molecule is CN1CC/C(=N\OCC(F)F)C1=O. The number of carbonyl (C=O) groups is 1. The van der Waals surface area contributed by atoms with Crippen molar-refractivity contribution in [3.8, 4) is 0 Å². The van der Waals surface area contributed by atoms with Crippen molar-refractivity contribution < 1.29 is 18.4 Å². The molecule has 0 N–H and O–H groups in total. The molecule has 0 bridgehead atoms. The number of oxime groups is 1. The summed E-state index contributed by atoms with van der Waals surface area (Å²) in [5, 5.41) is 3.34. The number of hydrogen-bond donors (Lipinski definition) is 0. The molecule has 1 aliphatic rings. The lowest BCUT2D eigenvalue weighted by Gasteiger charge is -2.03. The molecule has 74 valence electrons. The van der Waals surface area contributed by atoms with Crippen LogP contribution in [0.25, 0.3) is 0 Å². The summed E-state index contributed by atoms with van der Waals surface area (Å²) >= 11 is 0. The second kappa shape index (κ2) is 4.15. The van der Waals surface area contributed by atoms with E-state index >= 15 is 0 Å². The third-order valence-electron chi connectivity index (χ3n) is 1.65. The first-order chi connectivity index (χ1) is 6.11. The molecule has 0 unspecified atom stereocenters. The van der Waals surface area contributed by atoms with Crippen LogP contribution in [0.15, 0.2) is 5.16 Å². The van der Waals surface area contributed by atoms with Crippen LogP contribution in [-0.4, -0.2) is 43.1 Å². The minimum Gasteiger partial charge on any atom is -0.389 e. The van der Waals surface area contributed by atoms with E-state index in [0.29, 0.717) is 13.0 Å². The number of halogens is 2. The first-order valence-corrected chi connectivity index (χ1v) is 3.83. The van der Waals surface area contributed by atoms with Gasteiger partial charge in [-0.25, -0.2) is 8.78 Å². The maximum absolute atomic E-state index is 11.6. The average Bonchev–Trinajstić information content (AvgIpc) is 2.35. The molecule has 0 saturated carbocycles. The summed E-state index contributed by atoms with van der Waals surface area (Å²) in [6, 6.07) is 0. The molecule has 1 heterocycles. The van der Waals surface area contributed by atoms with E-state index in [1.807, 2.05) is 0 Å². The summed E-state index contributed by atoms with van der Waals surface area (Å²) in [6.07, 6.45) is -2.10. The van der Waals surface area contributed by atoms with Crippen LogP contribution in [0.2, 0.25) is 0 Å². The number of carbonyl (C=O) groups excluding carboxylic acids is 1. The second-order valence-corrected chi connectivity index (χ2v) is 2.70. The number of likely N-dealkylation sites (tertiary alicyclic amines) is 1. The van der Waals surface area contributed by atoms with Gasteiger partial charge in [-0.1, -0.05) is 5.16 Å². The third kappa shape index (κ3) is 2.64. The number of hydrogen-bond acceptors (Lipinski definition) is 3. The van der Waals surface area contributed by atoms with Crippen LogP contribution in [0.3, 0.4) is 0 Å². The van der Waals surface area contributed by atoms with Crippen LogP contribution >= 0.6 is 0 Å². The van der Waals surface area contributed by atoms with E-state index in [9.17, 15) is 13.6 Å². The molecule has 0 aromatic heterocycles. The Bertz CT molecular complexity index is 231. The Morgan fingerprint density at radius 2 is 2.38 bits per heavy atom. The number of amides is 1. The zero-order chi connectivity index (χ0) is 9.84. The van der Waals surface area contributed by atoms with Crippen LogP contribution in [0.5, 0.6) is 0 Å². The van der Waals surface area contributed by atoms with Gasteiger partial charge in [-0.05, 0) is 0 Å². The molecule has 0 radical (unpaired) electrons. The third-order valence-corrected chi connectivity index (χ3v) is 1.65. The molecule has 1 rings (SSSR count). The Kier molecular flexibility index (Phi) is 3.16. The molecule has 0 aromatic rings. The van der Waals surface area contributed by atoms with Gasteiger partial charge in [0.15, 0.2) is 6.61 Å². The van der Waals surface area contributed by atoms with Crippen LogP contribution < -0.4 is 0 Å². The fraction of sp³-hybridized carbons (Fsp3) is 0.714. The highest BCUT2D eigenvalue weighted by atomic mass is 19.3. The highest BCUT2D eigenvalue weighted by Crippen LogP contribution is 2.05. The lowest BCUT2D eigenvalue weighted by molar-refractivity contribution is -0.121. The van der Waals surface area contributed by atoms with Crippen LogP contribution in [0.1, 0.15) is 6.42 Å². The topological polar surface area (TPSA) is 41.9 Å². The zero-order valence-electron chi connectivity index (χ0n) is 7.17. The van der Waals surface area contributed by atoms with Gasteiger partial charge >= 0.3 is 0 Å². The zero-order valence-corrected chi connectivity index (χ0v) is 7.17. The van der Waals surface area contributed by atoms with Crippen molar-refractivity contribution in [2.45, 2.75) is 12.8 Å². The lowest BCUT2D eigenvalue weighted by Crippen LogP contribution is -2.22. The van der Waals surface area contributed by atoms with Gasteiger partial charge in [0, 0.05) is 20.0 Å². The smallest absolute Gasteiger partial charge is 0.274 e. The molecule has 0 aromatic carbocycles. The van der Waals surface area contributed by atoms with Gasteiger partial charge in [-0.2, -0.15) is 0 Å². The van der Waals surface area contributed by atoms with Crippen LogP contribution in [0, 0.1) is 0 Å². The standard InChI is InChI=1S/C7H10F2N2O2/c1-11-3-2-5(7(11)12)10-13-4-6(8)9/h6H,2-4H2,1H3/b10-5+. The Hall–Kier alpha value is -1.20. The maximum atomic E-state index is 11.6. The molecule has 0 aliphatic carbocycles. The second-order valence-electron chi connectivity index (χ2n) is 2.70. The van der Waals surface area contributed by atoms with E-state index in [-0.39, 0.29) is 11.6 Å². The molecular weight excluding hydrogens is 182 g/mol. The van der Waals surface area contributed by atoms with Crippen molar-refractivity contribution in [1.82, 2.24) is 4.90 Å². The summed E-state index contributed by atoms with van der Waals surface area (Å²) in [5.41, 5.74) is 0.211. The Morgan fingerprint density at radius 3 is 2.85 bits per heavy atom. The predicted molar refractivity (Wildman–Crippen MR) is 41.6 cm³/mol. The summed E-state index contributed by atoms with van der Waals surface area (Å²) in [5.74, 6) is -0.255. The van der Waals surface area contributed by atoms with Gasteiger partial charge in [0.1, 0.15) is 5.71 Å². The summed E-state index contributed by atoms with van der Waals surface area (Å²) in [6.45, 7) is -0.198. The summed E-state index contributed by atoms with van der Waals surface area (Å²) in [4.78, 5) is 16.9. The molecular formula is C7H10F2N2O2. The fourth-order valence-electron chi connectivity index (χ4n) is 0.959. The largest absolute Gasteiger partial charge is 0.389 e. The summed E-state index contributed by atoms with van der Waals surface area (Å²) in [7, 11) is 1.62. The molecule has 6 heteroatoms. The van der Waals surface area contributed by atoms with Gasteiger partial charge in [0.25, 0.3) is 12.3 Å². The van der Waals surface area contributed by atoms with E-state index in [1.54, 1.807) is 7.05 Å². The van der Waals surface area contributed by atoms with Crippen molar-refractivity contribution in [1.29, 1.82) is 0 Å². The number of rotatable bonds is 3. The van der Waals surface area contributed by atoms with Crippen molar-refractivity contribution in [3.63, 3.8) is 0 Å². The number of nitrogens with zero attached hydrogens (tertiary/aromatic N) is 2. The van der Waals surface area contributed by atoms with E-state index in [1.165, 1.54) is 4.90 Å². The maximum Gasteiger partial charge on any atom is 0.274 e. The molecule has 1 amide bonds. The predicted octanol–water partition coefficient (Wildman–Crippen LogP) is 0.486. The first-order valence-electron chi connectivity index (χ1n) is 3.83. The van der Waals surface area contributed by atoms with Crippen molar-refractivity contribution in [2.75, 3.05) is 20.2 Å². The molecule has 13 heavy (non-hydrogen) atoms. The van der Waals surface area contributed by atoms with Crippen molar-refractivity contribution in [2.24, 2.45) is 5.16 Å². The average molecular weight is 192 g/mol. The molecule has 1 aliphatic heterocycles. The minimum absolute atomic E-state index is 0.211. The highest BCUT2D eigenvalue weighted by molar-refractivity contribution is 6.40. The molecule has 1 saturated heterocycles.